The molecule has 6 nitrogen and oxygen atoms in total. The third-order valence-corrected chi connectivity index (χ3v) is 6.11. The molecule has 0 spiro atoms. The van der Waals surface area contributed by atoms with Gasteiger partial charge >= 0.3 is 5.97 Å². The quantitative estimate of drug-likeness (QED) is 0.403. The number of halogens is 3. The zero-order valence-electron chi connectivity index (χ0n) is 16.4. The number of hydrogen-bond acceptors (Lipinski definition) is 3. The Hall–Kier alpha value is -2.03. The van der Waals surface area contributed by atoms with E-state index in [9.17, 15) is 18.3 Å². The van der Waals surface area contributed by atoms with Crippen LogP contribution in [0.1, 0.15) is 16.9 Å². The average molecular weight is 502 g/mol. The zero-order valence-corrected chi connectivity index (χ0v) is 19.5. The fraction of sp³-hybridized carbons (Fsp3) is 0.190. The van der Waals surface area contributed by atoms with Crippen molar-refractivity contribution in [1.29, 1.82) is 0 Å². The number of benzene rings is 2. The molecule has 0 saturated heterocycles. The summed E-state index contributed by atoms with van der Waals surface area (Å²) in [6.45, 7) is 0.445. The molecule has 1 heterocycles. The molecule has 1 aromatic heterocycles. The molecule has 0 aliphatic heterocycles. The van der Waals surface area contributed by atoms with Crippen molar-refractivity contribution in [2.45, 2.75) is 13.0 Å². The number of carboxylic acids is 1. The van der Waals surface area contributed by atoms with E-state index in [1.54, 1.807) is 53.1 Å². The predicted molar refractivity (Wildman–Crippen MR) is 125 cm³/mol. The number of carboxylic acid groups (broad SMARTS) is 1. The first-order chi connectivity index (χ1) is 14.6. The van der Waals surface area contributed by atoms with Crippen LogP contribution in [-0.2, 0) is 16.6 Å². The molecule has 0 radical (unpaired) electrons. The van der Waals surface area contributed by atoms with E-state index < -0.39 is 16.0 Å². The topological polar surface area (TPSA) is 88.4 Å². The molecule has 0 unspecified atom stereocenters. The molecule has 3 aromatic rings. The third kappa shape index (κ3) is 5.81. The van der Waals surface area contributed by atoms with Crippen LogP contribution in [0.4, 0.5) is 0 Å². The van der Waals surface area contributed by atoms with E-state index in [1.165, 1.54) is 0 Å². The maximum absolute atomic E-state index is 12.0. The minimum absolute atomic E-state index is 0.0605. The van der Waals surface area contributed by atoms with E-state index >= 15 is 0 Å². The van der Waals surface area contributed by atoms with Crippen LogP contribution < -0.4 is 4.72 Å². The number of sulfonamides is 1. The molecule has 0 bridgehead atoms. The van der Waals surface area contributed by atoms with Gasteiger partial charge in [0, 0.05) is 39.3 Å². The van der Waals surface area contributed by atoms with Crippen LogP contribution in [0, 0.1) is 0 Å². The summed E-state index contributed by atoms with van der Waals surface area (Å²) in [6, 6.07) is 13.6. The summed E-state index contributed by atoms with van der Waals surface area (Å²) in [5.74, 6) is -1.11. The second-order valence-electron chi connectivity index (χ2n) is 6.90. The SMILES string of the molecule is CS(=O)(=O)NCCCn1c(C(=O)O)cc(-c2ccc(Cl)cc2Cl)c1-c1ccc(Cl)cc1. The van der Waals surface area contributed by atoms with Crippen LogP contribution in [0.25, 0.3) is 22.4 Å². The van der Waals surface area contributed by atoms with E-state index in [-0.39, 0.29) is 18.8 Å². The first kappa shape index (κ1) is 23.6. The average Bonchev–Trinajstić information content (AvgIpc) is 3.04. The van der Waals surface area contributed by atoms with Crippen molar-refractivity contribution in [3.63, 3.8) is 0 Å². The summed E-state index contributed by atoms with van der Waals surface area (Å²) in [6.07, 6.45) is 1.46. The van der Waals surface area contributed by atoms with Crippen molar-refractivity contribution in [2.24, 2.45) is 0 Å². The molecule has 0 aliphatic carbocycles. The molecule has 0 saturated carbocycles. The van der Waals surface area contributed by atoms with Gasteiger partial charge in [0.1, 0.15) is 5.69 Å². The van der Waals surface area contributed by atoms with E-state index in [4.69, 9.17) is 34.8 Å². The minimum Gasteiger partial charge on any atom is -0.477 e. The van der Waals surface area contributed by atoms with E-state index in [0.717, 1.165) is 11.8 Å². The summed E-state index contributed by atoms with van der Waals surface area (Å²) in [5, 5.41) is 11.2. The van der Waals surface area contributed by atoms with Gasteiger partial charge in [0.25, 0.3) is 0 Å². The molecular formula is C21H19Cl3N2O4S. The minimum atomic E-state index is -3.34. The largest absolute Gasteiger partial charge is 0.477 e. The fourth-order valence-electron chi connectivity index (χ4n) is 3.29. The van der Waals surface area contributed by atoms with Crippen molar-refractivity contribution in [2.75, 3.05) is 12.8 Å². The molecular weight excluding hydrogens is 483 g/mol. The molecule has 2 N–H and O–H groups in total. The van der Waals surface area contributed by atoms with Gasteiger partial charge in [0.15, 0.2) is 0 Å². The van der Waals surface area contributed by atoms with Crippen LogP contribution in [0.3, 0.4) is 0 Å². The van der Waals surface area contributed by atoms with Gasteiger partial charge in [-0.3, -0.25) is 0 Å². The highest BCUT2D eigenvalue weighted by Gasteiger charge is 2.23. The molecule has 3 rings (SSSR count). The van der Waals surface area contributed by atoms with Crippen molar-refractivity contribution < 1.29 is 18.3 Å². The number of carbonyl (C=O) groups is 1. The maximum atomic E-state index is 12.0. The predicted octanol–water partition coefficient (Wildman–Crippen LogP) is 5.42. The Morgan fingerprint density at radius 2 is 1.65 bits per heavy atom. The molecule has 0 atom stereocenters. The first-order valence-corrected chi connectivity index (χ1v) is 12.2. The monoisotopic (exact) mass is 500 g/mol. The van der Waals surface area contributed by atoms with Gasteiger partial charge < -0.3 is 9.67 Å². The number of nitrogens with one attached hydrogen (secondary N) is 1. The van der Waals surface area contributed by atoms with E-state index in [1.807, 2.05) is 0 Å². The van der Waals surface area contributed by atoms with Crippen molar-refractivity contribution in [3.8, 4) is 22.4 Å². The molecule has 0 amide bonds. The number of aromatic nitrogens is 1. The van der Waals surface area contributed by atoms with E-state index in [0.29, 0.717) is 38.3 Å². The highest BCUT2D eigenvalue weighted by Crippen LogP contribution is 2.40. The summed E-state index contributed by atoms with van der Waals surface area (Å²) in [4.78, 5) is 12.0. The maximum Gasteiger partial charge on any atom is 0.352 e. The second-order valence-corrected chi connectivity index (χ2v) is 10.0. The summed E-state index contributed by atoms with van der Waals surface area (Å²) in [5.41, 5.74) is 2.70. The summed E-state index contributed by atoms with van der Waals surface area (Å²) in [7, 11) is -3.34. The van der Waals surface area contributed by atoms with Gasteiger partial charge in [-0.1, -0.05) is 53.0 Å². The van der Waals surface area contributed by atoms with Gasteiger partial charge in [-0.2, -0.15) is 0 Å². The van der Waals surface area contributed by atoms with Gasteiger partial charge in [0.05, 0.1) is 11.9 Å². The molecule has 2 aromatic carbocycles. The lowest BCUT2D eigenvalue weighted by atomic mass is 10.0. The standard InChI is InChI=1S/C21H19Cl3N2O4S/c1-31(29,30)25-9-2-10-26-19(21(27)28)12-17(16-8-7-15(23)11-18(16)24)20(26)13-3-5-14(22)6-4-13/h3-8,11-12,25H,2,9-10H2,1H3,(H,27,28). The molecule has 0 fully saturated rings. The fourth-order valence-corrected chi connectivity index (χ4v) is 4.44. The number of nitrogens with zero attached hydrogens (tertiary/aromatic N) is 1. The number of rotatable bonds is 8. The number of hydrogen-bond donors (Lipinski definition) is 2. The normalized spacial score (nSPS) is 11.6. The molecule has 31 heavy (non-hydrogen) atoms. The van der Waals surface area contributed by atoms with E-state index in [2.05, 4.69) is 4.72 Å². The lowest BCUT2D eigenvalue weighted by Crippen LogP contribution is -2.24. The molecule has 0 aliphatic rings. The summed E-state index contributed by atoms with van der Waals surface area (Å²) >= 11 is 18.5. The van der Waals surface area contributed by atoms with Crippen LogP contribution in [0.15, 0.2) is 48.5 Å². The summed E-state index contributed by atoms with van der Waals surface area (Å²) < 4.78 is 26.8. The lowest BCUT2D eigenvalue weighted by molar-refractivity contribution is 0.0685. The van der Waals surface area contributed by atoms with Crippen molar-refractivity contribution in [3.05, 3.63) is 69.3 Å². The van der Waals surface area contributed by atoms with Gasteiger partial charge in [0.2, 0.25) is 10.0 Å². The Balaban J connectivity index is 2.16. The Morgan fingerprint density at radius 3 is 2.23 bits per heavy atom. The van der Waals surface area contributed by atoms with Crippen LogP contribution in [0.5, 0.6) is 0 Å². The van der Waals surface area contributed by atoms with Crippen LogP contribution in [-0.4, -0.2) is 36.9 Å². The second kappa shape index (κ2) is 9.63. The smallest absolute Gasteiger partial charge is 0.352 e. The third-order valence-electron chi connectivity index (χ3n) is 4.58. The molecule has 10 heteroatoms. The first-order valence-electron chi connectivity index (χ1n) is 9.19. The zero-order chi connectivity index (χ0) is 22.8. The Kier molecular flexibility index (Phi) is 7.34. The van der Waals surface area contributed by atoms with Crippen LogP contribution in [0.2, 0.25) is 15.1 Å². The highest BCUT2D eigenvalue weighted by atomic mass is 35.5. The Morgan fingerprint density at radius 1 is 1.00 bits per heavy atom. The lowest BCUT2D eigenvalue weighted by Gasteiger charge is -2.15. The van der Waals surface area contributed by atoms with Gasteiger partial charge in [-0.25, -0.2) is 17.9 Å². The highest BCUT2D eigenvalue weighted by molar-refractivity contribution is 7.88. The van der Waals surface area contributed by atoms with Gasteiger partial charge in [-0.05, 0) is 42.3 Å². The van der Waals surface area contributed by atoms with Crippen molar-refractivity contribution >= 4 is 50.8 Å². The van der Waals surface area contributed by atoms with Gasteiger partial charge in [-0.15, -0.1) is 0 Å². The Bertz CT molecular complexity index is 1220. The molecule has 164 valence electrons. The van der Waals surface area contributed by atoms with Crippen molar-refractivity contribution in [1.82, 2.24) is 9.29 Å². The number of aromatic carboxylic acids is 1. The van der Waals surface area contributed by atoms with Crippen LogP contribution >= 0.6 is 34.8 Å². The Labute approximate surface area is 195 Å².